The first-order valence-electron chi connectivity index (χ1n) is 7.11. The van der Waals surface area contributed by atoms with Crippen LogP contribution in [0.5, 0.6) is 5.75 Å². The summed E-state index contributed by atoms with van der Waals surface area (Å²) in [5, 5.41) is 12.8. The minimum atomic E-state index is -0.474. The highest BCUT2D eigenvalue weighted by Crippen LogP contribution is 2.29. The van der Waals surface area contributed by atoms with Gasteiger partial charge in [0.2, 0.25) is 0 Å². The van der Waals surface area contributed by atoms with Gasteiger partial charge >= 0.3 is 0 Å². The van der Waals surface area contributed by atoms with Crippen LogP contribution < -0.4 is 10.1 Å². The molecular formula is C15H20N2O3. The first-order chi connectivity index (χ1) is 9.65. The maximum Gasteiger partial charge on any atom is 0.265 e. The molecule has 1 aromatic carbocycles. The van der Waals surface area contributed by atoms with E-state index in [9.17, 15) is 9.90 Å². The van der Waals surface area contributed by atoms with Gasteiger partial charge in [-0.1, -0.05) is 12.1 Å². The van der Waals surface area contributed by atoms with E-state index in [0.717, 1.165) is 17.9 Å². The topological polar surface area (TPSA) is 61.8 Å². The average molecular weight is 276 g/mol. The van der Waals surface area contributed by atoms with Gasteiger partial charge in [0.15, 0.2) is 6.10 Å². The number of hydrogen-bond acceptors (Lipinski definition) is 4. The van der Waals surface area contributed by atoms with Gasteiger partial charge in [-0.15, -0.1) is 0 Å². The first kappa shape index (κ1) is 13.2. The Bertz CT molecular complexity index is 504. The fourth-order valence-corrected chi connectivity index (χ4v) is 2.84. The van der Waals surface area contributed by atoms with E-state index in [2.05, 4.69) is 5.32 Å². The smallest absolute Gasteiger partial charge is 0.265 e. The Labute approximate surface area is 118 Å². The maximum atomic E-state index is 12.5. The number of fused-ring (bicyclic) bond motifs is 1. The third kappa shape index (κ3) is 2.45. The third-order valence-electron chi connectivity index (χ3n) is 4.13. The van der Waals surface area contributed by atoms with Crippen molar-refractivity contribution >= 4 is 11.6 Å². The van der Waals surface area contributed by atoms with E-state index in [1.165, 1.54) is 0 Å². The number of anilines is 1. The van der Waals surface area contributed by atoms with Crippen LogP contribution in [0.4, 0.5) is 5.69 Å². The molecule has 0 bridgehead atoms. The highest BCUT2D eigenvalue weighted by Gasteiger charge is 2.35. The van der Waals surface area contributed by atoms with Gasteiger partial charge in [0.1, 0.15) is 5.75 Å². The van der Waals surface area contributed by atoms with Gasteiger partial charge in [-0.25, -0.2) is 0 Å². The molecule has 0 aromatic heterocycles. The van der Waals surface area contributed by atoms with Crippen molar-refractivity contribution in [2.75, 3.05) is 25.0 Å². The average Bonchev–Trinajstić information content (AvgIpc) is 2.96. The molecule has 5 nitrogen and oxygen atoms in total. The fraction of sp³-hybridized carbons (Fsp3) is 0.533. The van der Waals surface area contributed by atoms with E-state index in [0.29, 0.717) is 19.6 Å². The van der Waals surface area contributed by atoms with E-state index < -0.39 is 6.10 Å². The van der Waals surface area contributed by atoms with Crippen LogP contribution >= 0.6 is 0 Å². The van der Waals surface area contributed by atoms with Gasteiger partial charge in [-0.2, -0.15) is 0 Å². The van der Waals surface area contributed by atoms with Crippen molar-refractivity contribution in [1.29, 1.82) is 0 Å². The molecule has 0 saturated carbocycles. The quantitative estimate of drug-likeness (QED) is 0.849. The molecule has 2 heterocycles. The number of ether oxygens (including phenoxy) is 1. The summed E-state index contributed by atoms with van der Waals surface area (Å²) in [5.74, 6) is 0.918. The van der Waals surface area contributed by atoms with Crippen LogP contribution in [0.2, 0.25) is 0 Å². The van der Waals surface area contributed by atoms with Crippen molar-refractivity contribution in [3.8, 4) is 5.75 Å². The molecule has 5 heteroatoms. The monoisotopic (exact) mass is 276 g/mol. The molecule has 2 aliphatic heterocycles. The molecule has 3 unspecified atom stereocenters. The van der Waals surface area contributed by atoms with Gasteiger partial charge in [0.05, 0.1) is 18.3 Å². The van der Waals surface area contributed by atoms with Crippen molar-refractivity contribution in [1.82, 2.24) is 4.90 Å². The number of rotatable bonds is 2. The lowest BCUT2D eigenvalue weighted by molar-refractivity contribution is -0.137. The standard InChI is InChI=1S/C15H20N2O3/c1-10(18)11-6-7-17(9-11)15(19)14-8-16-12-4-2-3-5-13(12)20-14/h2-5,10-11,14,16,18H,6-9H2,1H3. The molecular weight excluding hydrogens is 256 g/mol. The highest BCUT2D eigenvalue weighted by atomic mass is 16.5. The minimum absolute atomic E-state index is 0.00940. The molecule has 1 fully saturated rings. The van der Waals surface area contributed by atoms with Crippen LogP contribution in [-0.2, 0) is 4.79 Å². The van der Waals surface area contributed by atoms with Gasteiger partial charge in [0, 0.05) is 19.0 Å². The summed E-state index contributed by atoms with van der Waals surface area (Å²) < 4.78 is 5.79. The van der Waals surface area contributed by atoms with Crippen molar-refractivity contribution in [3.05, 3.63) is 24.3 Å². The molecule has 2 aliphatic rings. The van der Waals surface area contributed by atoms with E-state index in [1.54, 1.807) is 11.8 Å². The maximum absolute atomic E-state index is 12.5. The molecule has 3 atom stereocenters. The second kappa shape index (κ2) is 5.32. The van der Waals surface area contributed by atoms with Gasteiger partial charge < -0.3 is 20.1 Å². The number of nitrogens with zero attached hydrogens (tertiary/aromatic N) is 1. The first-order valence-corrected chi connectivity index (χ1v) is 7.11. The predicted octanol–water partition coefficient (Wildman–Crippen LogP) is 1.09. The van der Waals surface area contributed by atoms with Gasteiger partial charge in [-0.05, 0) is 25.5 Å². The van der Waals surface area contributed by atoms with Gasteiger partial charge in [-0.3, -0.25) is 4.79 Å². The lowest BCUT2D eigenvalue weighted by Gasteiger charge is -2.29. The Hall–Kier alpha value is -1.75. The van der Waals surface area contributed by atoms with Crippen molar-refractivity contribution in [2.45, 2.75) is 25.6 Å². The van der Waals surface area contributed by atoms with Gasteiger partial charge in [0.25, 0.3) is 5.91 Å². The van der Waals surface area contributed by atoms with Crippen LogP contribution in [0.15, 0.2) is 24.3 Å². The van der Waals surface area contributed by atoms with Crippen molar-refractivity contribution in [3.63, 3.8) is 0 Å². The molecule has 1 amide bonds. The van der Waals surface area contributed by atoms with E-state index in [-0.39, 0.29) is 17.9 Å². The van der Waals surface area contributed by atoms with Crippen LogP contribution in [0.25, 0.3) is 0 Å². The summed E-state index contributed by atoms with van der Waals surface area (Å²) in [7, 11) is 0. The van der Waals surface area contributed by atoms with Crippen molar-refractivity contribution < 1.29 is 14.6 Å². The summed E-state index contributed by atoms with van der Waals surface area (Å²) in [4.78, 5) is 14.3. The summed E-state index contributed by atoms with van der Waals surface area (Å²) >= 11 is 0. The molecule has 2 N–H and O–H groups in total. The van der Waals surface area contributed by atoms with Crippen LogP contribution in [0.3, 0.4) is 0 Å². The highest BCUT2D eigenvalue weighted by molar-refractivity contribution is 5.83. The minimum Gasteiger partial charge on any atom is -0.477 e. The SMILES string of the molecule is CC(O)C1CCN(C(=O)C2CNc3ccccc3O2)C1. The number of amides is 1. The normalized spacial score (nSPS) is 26.4. The number of hydrogen-bond donors (Lipinski definition) is 2. The number of carbonyl (C=O) groups is 1. The summed E-state index contributed by atoms with van der Waals surface area (Å²) in [6.45, 7) is 3.60. The molecule has 108 valence electrons. The summed E-state index contributed by atoms with van der Waals surface area (Å²) in [5.41, 5.74) is 0.930. The zero-order valence-electron chi connectivity index (χ0n) is 11.6. The number of benzene rings is 1. The van der Waals surface area contributed by atoms with E-state index in [1.807, 2.05) is 24.3 Å². The Kier molecular flexibility index (Phi) is 3.53. The predicted molar refractivity (Wildman–Crippen MR) is 75.7 cm³/mol. The van der Waals surface area contributed by atoms with Crippen LogP contribution in [0, 0.1) is 5.92 Å². The summed E-state index contributed by atoms with van der Waals surface area (Å²) in [6, 6.07) is 7.64. The number of para-hydroxylation sites is 2. The summed E-state index contributed by atoms with van der Waals surface area (Å²) in [6.07, 6.45) is 0.0247. The molecule has 0 spiro atoms. The molecule has 0 aliphatic carbocycles. The van der Waals surface area contributed by atoms with E-state index in [4.69, 9.17) is 4.74 Å². The number of aliphatic hydroxyl groups is 1. The Balaban J connectivity index is 1.65. The number of carbonyl (C=O) groups excluding carboxylic acids is 1. The zero-order valence-corrected chi connectivity index (χ0v) is 11.6. The fourth-order valence-electron chi connectivity index (χ4n) is 2.84. The Morgan fingerprint density at radius 1 is 1.50 bits per heavy atom. The molecule has 1 saturated heterocycles. The van der Waals surface area contributed by atoms with Crippen LogP contribution in [0.1, 0.15) is 13.3 Å². The lowest BCUT2D eigenvalue weighted by Crippen LogP contribution is -2.46. The van der Waals surface area contributed by atoms with E-state index >= 15 is 0 Å². The second-order valence-electron chi connectivity index (χ2n) is 5.56. The zero-order chi connectivity index (χ0) is 14.1. The number of nitrogens with one attached hydrogen (secondary N) is 1. The van der Waals surface area contributed by atoms with Crippen molar-refractivity contribution in [2.24, 2.45) is 5.92 Å². The molecule has 0 radical (unpaired) electrons. The largest absolute Gasteiger partial charge is 0.477 e. The Morgan fingerprint density at radius 2 is 2.30 bits per heavy atom. The number of aliphatic hydroxyl groups excluding tert-OH is 1. The molecule has 1 aromatic rings. The van der Waals surface area contributed by atoms with Crippen LogP contribution in [-0.4, -0.2) is 47.8 Å². The lowest BCUT2D eigenvalue weighted by atomic mass is 10.0. The third-order valence-corrected chi connectivity index (χ3v) is 4.13. The molecule has 20 heavy (non-hydrogen) atoms. The molecule has 3 rings (SSSR count). The number of likely N-dealkylation sites (tertiary alicyclic amines) is 1. The Morgan fingerprint density at radius 3 is 3.05 bits per heavy atom. The second-order valence-corrected chi connectivity index (χ2v) is 5.56.